The Labute approximate surface area is 91.8 Å². The number of nitrogens with two attached hydrogens (primary N) is 1. The van der Waals surface area contributed by atoms with Gasteiger partial charge in [0.1, 0.15) is 0 Å². The minimum atomic E-state index is -0.698. The molecule has 0 aromatic carbocycles. The molecule has 88 valence electrons. The normalized spacial score (nSPS) is 22.1. The Kier molecular flexibility index (Phi) is 4.11. The number of carbonyl (C=O) groups excluding carboxylic acids is 1. The van der Waals surface area contributed by atoms with E-state index in [-0.39, 0.29) is 11.9 Å². The first-order valence-corrected chi connectivity index (χ1v) is 5.65. The van der Waals surface area contributed by atoms with E-state index in [1.807, 2.05) is 14.0 Å². The summed E-state index contributed by atoms with van der Waals surface area (Å²) in [6.45, 7) is 5.30. The highest BCUT2D eigenvalue weighted by atomic mass is 16.5. The molecule has 1 saturated heterocycles. The van der Waals surface area contributed by atoms with E-state index in [9.17, 15) is 4.79 Å². The maximum Gasteiger partial charge on any atom is 0.242 e. The van der Waals surface area contributed by atoms with Crippen molar-refractivity contribution in [3.05, 3.63) is 0 Å². The van der Waals surface area contributed by atoms with Crippen molar-refractivity contribution in [3.63, 3.8) is 0 Å². The van der Waals surface area contributed by atoms with Crippen LogP contribution in [-0.2, 0) is 9.53 Å². The lowest BCUT2D eigenvalue weighted by Gasteiger charge is -2.37. The van der Waals surface area contributed by atoms with Crippen LogP contribution in [0.25, 0.3) is 0 Å². The zero-order chi connectivity index (χ0) is 11.5. The van der Waals surface area contributed by atoms with Gasteiger partial charge in [0.25, 0.3) is 0 Å². The molecule has 0 aromatic rings. The van der Waals surface area contributed by atoms with Crippen LogP contribution in [0.1, 0.15) is 33.1 Å². The van der Waals surface area contributed by atoms with E-state index in [2.05, 4.69) is 6.92 Å². The maximum absolute atomic E-state index is 12.2. The summed E-state index contributed by atoms with van der Waals surface area (Å²) in [4.78, 5) is 13.9. The van der Waals surface area contributed by atoms with Crippen LogP contribution in [0.3, 0.4) is 0 Å². The summed E-state index contributed by atoms with van der Waals surface area (Å²) in [5.74, 6) is 0.0557. The van der Waals surface area contributed by atoms with Crippen molar-refractivity contribution in [1.82, 2.24) is 4.90 Å². The van der Waals surface area contributed by atoms with Crippen LogP contribution in [0.5, 0.6) is 0 Å². The summed E-state index contributed by atoms with van der Waals surface area (Å²) in [6, 6.07) is 0.251. The number of hydrogen-bond donors (Lipinski definition) is 1. The highest BCUT2D eigenvalue weighted by Gasteiger charge is 2.38. The predicted molar refractivity (Wildman–Crippen MR) is 59.5 cm³/mol. The van der Waals surface area contributed by atoms with E-state index in [1.165, 1.54) is 0 Å². The van der Waals surface area contributed by atoms with Crippen molar-refractivity contribution < 1.29 is 9.53 Å². The van der Waals surface area contributed by atoms with E-state index in [0.717, 1.165) is 6.42 Å². The topological polar surface area (TPSA) is 55.6 Å². The van der Waals surface area contributed by atoms with E-state index in [1.54, 1.807) is 4.90 Å². The molecule has 0 radical (unpaired) electrons. The summed E-state index contributed by atoms with van der Waals surface area (Å²) in [7, 11) is 1.83. The van der Waals surface area contributed by atoms with E-state index in [0.29, 0.717) is 26.1 Å². The summed E-state index contributed by atoms with van der Waals surface area (Å²) in [5, 5.41) is 0. The molecule has 0 aromatic heterocycles. The van der Waals surface area contributed by atoms with Crippen molar-refractivity contribution in [3.8, 4) is 0 Å². The van der Waals surface area contributed by atoms with E-state index >= 15 is 0 Å². The average molecular weight is 214 g/mol. The number of ether oxygens (including phenoxy) is 1. The summed E-state index contributed by atoms with van der Waals surface area (Å²) in [5.41, 5.74) is 5.43. The fourth-order valence-electron chi connectivity index (χ4n) is 1.77. The molecule has 0 aliphatic carbocycles. The van der Waals surface area contributed by atoms with Crippen molar-refractivity contribution in [1.29, 1.82) is 0 Å². The zero-order valence-corrected chi connectivity index (χ0v) is 9.95. The second kappa shape index (κ2) is 4.94. The number of likely N-dealkylation sites (N-methyl/N-ethyl adjacent to an activating group) is 1. The molecule has 1 aliphatic rings. The summed E-state index contributed by atoms with van der Waals surface area (Å²) >= 11 is 0. The molecule has 1 heterocycles. The van der Waals surface area contributed by atoms with Gasteiger partial charge in [-0.3, -0.25) is 4.79 Å². The largest absolute Gasteiger partial charge is 0.381 e. The van der Waals surface area contributed by atoms with Gasteiger partial charge < -0.3 is 15.4 Å². The molecular formula is C11H22N2O2. The third-order valence-corrected chi connectivity index (χ3v) is 3.38. The lowest BCUT2D eigenvalue weighted by atomic mass is 9.89. The highest BCUT2D eigenvalue weighted by Crippen LogP contribution is 2.21. The van der Waals surface area contributed by atoms with Gasteiger partial charge in [0.15, 0.2) is 0 Å². The molecule has 1 fully saturated rings. The first-order chi connectivity index (χ1) is 7.01. The fraction of sp³-hybridized carbons (Fsp3) is 0.909. The molecule has 0 saturated carbocycles. The minimum Gasteiger partial charge on any atom is -0.381 e. The highest BCUT2D eigenvalue weighted by molar-refractivity contribution is 5.86. The Morgan fingerprint density at radius 2 is 2.07 bits per heavy atom. The smallest absolute Gasteiger partial charge is 0.242 e. The molecule has 1 aliphatic heterocycles. The Bertz CT molecular complexity index is 225. The quantitative estimate of drug-likeness (QED) is 0.754. The molecule has 2 N–H and O–H groups in total. The van der Waals surface area contributed by atoms with Gasteiger partial charge in [-0.15, -0.1) is 0 Å². The van der Waals surface area contributed by atoms with Crippen molar-refractivity contribution in [2.24, 2.45) is 5.73 Å². The minimum absolute atomic E-state index is 0.0557. The van der Waals surface area contributed by atoms with Crippen LogP contribution in [0.15, 0.2) is 0 Å². The third kappa shape index (κ3) is 2.69. The molecular weight excluding hydrogens is 192 g/mol. The van der Waals surface area contributed by atoms with Crippen LogP contribution >= 0.6 is 0 Å². The number of nitrogens with zero attached hydrogens (tertiary/aromatic N) is 1. The Morgan fingerprint density at radius 1 is 1.53 bits per heavy atom. The van der Waals surface area contributed by atoms with Gasteiger partial charge >= 0.3 is 0 Å². The Morgan fingerprint density at radius 3 is 2.53 bits per heavy atom. The van der Waals surface area contributed by atoms with Crippen molar-refractivity contribution >= 4 is 5.91 Å². The van der Waals surface area contributed by atoms with Gasteiger partial charge in [0, 0.05) is 26.3 Å². The van der Waals surface area contributed by atoms with Gasteiger partial charge in [-0.25, -0.2) is 0 Å². The number of hydrogen-bond acceptors (Lipinski definition) is 3. The van der Waals surface area contributed by atoms with Gasteiger partial charge in [-0.05, 0) is 26.2 Å². The molecule has 0 bridgehead atoms. The molecule has 1 atom stereocenters. The Hall–Kier alpha value is -0.610. The average Bonchev–Trinajstić information content (AvgIpc) is 2.27. The van der Waals surface area contributed by atoms with Crippen LogP contribution < -0.4 is 5.73 Å². The van der Waals surface area contributed by atoms with E-state index in [4.69, 9.17) is 10.5 Å². The molecule has 15 heavy (non-hydrogen) atoms. The number of rotatable bonds is 3. The molecule has 1 unspecified atom stereocenters. The number of carbonyl (C=O) groups is 1. The monoisotopic (exact) mass is 214 g/mol. The van der Waals surface area contributed by atoms with Crippen molar-refractivity contribution in [2.45, 2.75) is 44.7 Å². The predicted octanol–water partition coefficient (Wildman–Crippen LogP) is 0.751. The maximum atomic E-state index is 12.2. The molecule has 0 spiro atoms. The van der Waals surface area contributed by atoms with Crippen LogP contribution in [-0.4, -0.2) is 42.6 Å². The lowest BCUT2D eigenvalue weighted by Crippen LogP contribution is -2.58. The lowest BCUT2D eigenvalue weighted by molar-refractivity contribution is -0.141. The molecule has 1 rings (SSSR count). The first kappa shape index (κ1) is 12.5. The van der Waals surface area contributed by atoms with E-state index < -0.39 is 5.54 Å². The third-order valence-electron chi connectivity index (χ3n) is 3.38. The molecule has 4 heteroatoms. The second-order valence-electron chi connectivity index (χ2n) is 4.44. The van der Waals surface area contributed by atoms with Crippen LogP contribution in [0.4, 0.5) is 0 Å². The fourth-order valence-corrected chi connectivity index (χ4v) is 1.77. The Balaban J connectivity index is 2.65. The summed E-state index contributed by atoms with van der Waals surface area (Å²) < 4.78 is 5.23. The van der Waals surface area contributed by atoms with Gasteiger partial charge in [-0.1, -0.05) is 6.92 Å². The molecule has 4 nitrogen and oxygen atoms in total. The zero-order valence-electron chi connectivity index (χ0n) is 9.95. The van der Waals surface area contributed by atoms with Gasteiger partial charge in [0.2, 0.25) is 5.91 Å². The van der Waals surface area contributed by atoms with Gasteiger partial charge in [0.05, 0.1) is 5.54 Å². The van der Waals surface area contributed by atoms with Crippen molar-refractivity contribution in [2.75, 3.05) is 20.3 Å². The SMILES string of the molecule is CCC(C)N(C)C(=O)C1(N)CCOCC1. The summed E-state index contributed by atoms with van der Waals surface area (Å²) in [6.07, 6.45) is 2.22. The van der Waals surface area contributed by atoms with Crippen LogP contribution in [0, 0.1) is 0 Å². The van der Waals surface area contributed by atoms with Gasteiger partial charge in [-0.2, -0.15) is 0 Å². The standard InChI is InChI=1S/C11H22N2O2/c1-4-9(2)13(3)10(14)11(12)5-7-15-8-6-11/h9H,4-8,12H2,1-3H3. The first-order valence-electron chi connectivity index (χ1n) is 5.65. The molecule has 1 amide bonds. The van der Waals surface area contributed by atoms with Crippen LogP contribution in [0.2, 0.25) is 0 Å². The number of amides is 1. The second-order valence-corrected chi connectivity index (χ2v) is 4.44.